The summed E-state index contributed by atoms with van der Waals surface area (Å²) in [5.41, 5.74) is 1.31. The molecule has 0 aromatic heterocycles. The van der Waals surface area contributed by atoms with Crippen LogP contribution in [0.15, 0.2) is 11.8 Å². The molecule has 0 radical (unpaired) electrons. The van der Waals surface area contributed by atoms with Crippen LogP contribution in [0.5, 0.6) is 0 Å². The van der Waals surface area contributed by atoms with Crippen LogP contribution in [0, 0.1) is 23.7 Å². The van der Waals surface area contributed by atoms with Crippen molar-refractivity contribution < 1.29 is 4.79 Å². The van der Waals surface area contributed by atoms with Crippen molar-refractivity contribution in [3.05, 3.63) is 11.8 Å². The summed E-state index contributed by atoms with van der Waals surface area (Å²) < 4.78 is 0. The number of ketones is 1. The number of hydrogen-bond acceptors (Lipinski definition) is 3. The topological polar surface area (TPSA) is 32.3 Å². The van der Waals surface area contributed by atoms with E-state index in [-0.39, 0.29) is 0 Å². The van der Waals surface area contributed by atoms with Crippen LogP contribution in [0.3, 0.4) is 0 Å². The molecule has 1 N–H and O–H groups in total. The van der Waals surface area contributed by atoms with Gasteiger partial charge in [0.1, 0.15) is 0 Å². The molecule has 3 nitrogen and oxygen atoms in total. The number of hydrogen-bond donors (Lipinski definition) is 1. The van der Waals surface area contributed by atoms with Gasteiger partial charge in [-0.25, -0.2) is 0 Å². The highest BCUT2D eigenvalue weighted by molar-refractivity contribution is 5.91. The third-order valence-corrected chi connectivity index (χ3v) is 4.61. The maximum Gasteiger partial charge on any atom is 0.157 e. The van der Waals surface area contributed by atoms with E-state index in [9.17, 15) is 4.79 Å². The third-order valence-electron chi connectivity index (χ3n) is 4.61. The second kappa shape index (κ2) is 6.08. The van der Waals surface area contributed by atoms with Gasteiger partial charge < -0.3 is 10.2 Å². The van der Waals surface area contributed by atoms with Crippen LogP contribution in [0.4, 0.5) is 0 Å². The van der Waals surface area contributed by atoms with E-state index in [2.05, 4.69) is 37.9 Å². The highest BCUT2D eigenvalue weighted by atomic mass is 16.1. The Morgan fingerprint density at radius 2 is 1.79 bits per heavy atom. The largest absolute Gasteiger partial charge is 0.372 e. The molecule has 2 unspecified atom stereocenters. The lowest BCUT2D eigenvalue weighted by Gasteiger charge is -2.43. The number of nitrogens with one attached hydrogen (secondary N) is 1. The predicted molar refractivity (Wildman–Crippen MR) is 78.8 cm³/mol. The monoisotopic (exact) mass is 264 g/mol. The molecule has 108 valence electrons. The maximum absolute atomic E-state index is 12.1. The van der Waals surface area contributed by atoms with Crippen molar-refractivity contribution in [3.8, 4) is 0 Å². The smallest absolute Gasteiger partial charge is 0.157 e. The zero-order valence-electron chi connectivity index (χ0n) is 12.8. The molecular weight excluding hydrogens is 236 g/mol. The van der Waals surface area contributed by atoms with Crippen molar-refractivity contribution >= 4 is 5.78 Å². The van der Waals surface area contributed by atoms with Crippen LogP contribution < -0.4 is 5.32 Å². The summed E-state index contributed by atoms with van der Waals surface area (Å²) in [7, 11) is 0. The first-order valence-corrected chi connectivity index (χ1v) is 7.70. The van der Waals surface area contributed by atoms with Gasteiger partial charge in [-0.05, 0) is 17.8 Å². The molecule has 0 aromatic rings. The molecule has 3 heteroatoms. The summed E-state index contributed by atoms with van der Waals surface area (Å²) in [4.78, 5) is 14.5. The molecule has 2 rings (SSSR count). The van der Waals surface area contributed by atoms with E-state index in [0.717, 1.165) is 32.6 Å². The Labute approximate surface area is 117 Å². The Morgan fingerprint density at radius 1 is 1.16 bits per heavy atom. The van der Waals surface area contributed by atoms with E-state index in [4.69, 9.17) is 0 Å². The minimum Gasteiger partial charge on any atom is -0.372 e. The molecule has 0 bridgehead atoms. The van der Waals surface area contributed by atoms with E-state index in [0.29, 0.717) is 29.5 Å². The van der Waals surface area contributed by atoms with Gasteiger partial charge >= 0.3 is 0 Å². The molecule has 0 saturated carbocycles. The van der Waals surface area contributed by atoms with Crippen LogP contribution in [-0.2, 0) is 4.79 Å². The van der Waals surface area contributed by atoms with E-state index >= 15 is 0 Å². The van der Waals surface area contributed by atoms with Crippen LogP contribution in [0.25, 0.3) is 0 Å². The van der Waals surface area contributed by atoms with Crippen molar-refractivity contribution in [2.24, 2.45) is 23.7 Å². The molecular formula is C16H28N2O. The van der Waals surface area contributed by atoms with Crippen molar-refractivity contribution in [1.29, 1.82) is 0 Å². The quantitative estimate of drug-likeness (QED) is 0.849. The Bertz CT molecular complexity index is 354. The fourth-order valence-corrected chi connectivity index (χ4v) is 3.61. The normalized spacial score (nSPS) is 29.1. The van der Waals surface area contributed by atoms with Gasteiger partial charge in [-0.1, -0.05) is 27.7 Å². The van der Waals surface area contributed by atoms with Gasteiger partial charge in [-0.15, -0.1) is 0 Å². The maximum atomic E-state index is 12.1. The predicted octanol–water partition coefficient (Wildman–Crippen LogP) is 2.29. The molecule has 2 atom stereocenters. The van der Waals surface area contributed by atoms with Gasteiger partial charge in [-0.3, -0.25) is 4.79 Å². The summed E-state index contributed by atoms with van der Waals surface area (Å²) >= 11 is 0. The average molecular weight is 264 g/mol. The summed E-state index contributed by atoms with van der Waals surface area (Å²) in [5.74, 6) is 2.53. The molecule has 1 fully saturated rings. The molecule has 1 aliphatic carbocycles. The van der Waals surface area contributed by atoms with E-state index < -0.39 is 0 Å². The van der Waals surface area contributed by atoms with Crippen molar-refractivity contribution in [3.63, 3.8) is 0 Å². The standard InChI is InChI=1S/C16H28N2O/c1-11(2)14-9-13(19)10-15(16(14)12(3)4)18-7-5-17-6-8-18/h10-12,14,16-17H,5-9H2,1-4H3. The summed E-state index contributed by atoms with van der Waals surface area (Å²) in [6.45, 7) is 13.2. The molecule has 0 spiro atoms. The van der Waals surface area contributed by atoms with Crippen LogP contribution >= 0.6 is 0 Å². The number of rotatable bonds is 3. The summed E-state index contributed by atoms with van der Waals surface area (Å²) in [5, 5.41) is 3.39. The number of piperazine rings is 1. The second-order valence-electron chi connectivity index (χ2n) is 6.65. The first-order chi connectivity index (χ1) is 9.00. The van der Waals surface area contributed by atoms with Crippen LogP contribution in [0.2, 0.25) is 0 Å². The summed E-state index contributed by atoms with van der Waals surface area (Å²) in [6, 6.07) is 0. The molecule has 0 aromatic carbocycles. The zero-order valence-corrected chi connectivity index (χ0v) is 12.8. The van der Waals surface area contributed by atoms with E-state index in [1.54, 1.807) is 0 Å². The van der Waals surface area contributed by atoms with Gasteiger partial charge in [0.05, 0.1) is 0 Å². The minimum atomic E-state index is 0.323. The lowest BCUT2D eigenvalue weighted by atomic mass is 9.69. The second-order valence-corrected chi connectivity index (χ2v) is 6.65. The number of nitrogens with zero attached hydrogens (tertiary/aromatic N) is 1. The first-order valence-electron chi connectivity index (χ1n) is 7.70. The zero-order chi connectivity index (χ0) is 14.0. The number of allylic oxidation sites excluding steroid dienone is 2. The number of carbonyl (C=O) groups is 1. The Hall–Kier alpha value is -0.830. The number of carbonyl (C=O) groups excluding carboxylic acids is 1. The SMILES string of the molecule is CC(C)C1CC(=O)C=C(N2CCNCC2)C1C(C)C. The first kappa shape index (κ1) is 14.6. The molecule has 0 amide bonds. The Kier molecular flexibility index (Phi) is 4.67. The van der Waals surface area contributed by atoms with Gasteiger partial charge in [0.15, 0.2) is 5.78 Å². The van der Waals surface area contributed by atoms with E-state index in [1.807, 2.05) is 6.08 Å². The van der Waals surface area contributed by atoms with Gasteiger partial charge in [-0.2, -0.15) is 0 Å². The lowest BCUT2D eigenvalue weighted by molar-refractivity contribution is -0.117. The van der Waals surface area contributed by atoms with Crippen LogP contribution in [-0.4, -0.2) is 36.9 Å². The molecule has 19 heavy (non-hydrogen) atoms. The van der Waals surface area contributed by atoms with Gasteiger partial charge in [0.2, 0.25) is 0 Å². The Morgan fingerprint density at radius 3 is 2.32 bits per heavy atom. The highest BCUT2D eigenvalue weighted by Crippen LogP contribution is 2.40. The Balaban J connectivity index is 2.27. The van der Waals surface area contributed by atoms with Crippen molar-refractivity contribution in [2.75, 3.05) is 26.2 Å². The highest BCUT2D eigenvalue weighted by Gasteiger charge is 2.37. The van der Waals surface area contributed by atoms with E-state index in [1.165, 1.54) is 5.70 Å². The fourth-order valence-electron chi connectivity index (χ4n) is 3.61. The van der Waals surface area contributed by atoms with Crippen LogP contribution in [0.1, 0.15) is 34.1 Å². The molecule has 1 aliphatic heterocycles. The average Bonchev–Trinajstić information content (AvgIpc) is 2.38. The third kappa shape index (κ3) is 3.19. The van der Waals surface area contributed by atoms with Crippen molar-refractivity contribution in [2.45, 2.75) is 34.1 Å². The lowest BCUT2D eigenvalue weighted by Crippen LogP contribution is -2.47. The minimum absolute atomic E-state index is 0.323. The molecule has 1 saturated heterocycles. The molecule has 2 aliphatic rings. The van der Waals surface area contributed by atoms with Gasteiger partial charge in [0.25, 0.3) is 0 Å². The molecule has 1 heterocycles. The van der Waals surface area contributed by atoms with Gasteiger partial charge in [0, 0.05) is 50.3 Å². The summed E-state index contributed by atoms with van der Waals surface area (Å²) in [6.07, 6.45) is 2.67. The van der Waals surface area contributed by atoms with Crippen molar-refractivity contribution in [1.82, 2.24) is 10.2 Å². The fraction of sp³-hybridized carbons (Fsp3) is 0.812.